The largest absolute Gasteiger partial charge is 0.497 e. The number of fused-ring (bicyclic) bond motifs is 1. The molecule has 32 heavy (non-hydrogen) atoms. The second-order valence-corrected chi connectivity index (χ2v) is 8.51. The zero-order valence-electron chi connectivity index (χ0n) is 18.2. The van der Waals surface area contributed by atoms with Crippen LogP contribution in [0.3, 0.4) is 0 Å². The number of carbonyl (C=O) groups excluding carboxylic acids is 1. The zero-order chi connectivity index (χ0) is 22.8. The van der Waals surface area contributed by atoms with E-state index in [1.807, 2.05) is 0 Å². The van der Waals surface area contributed by atoms with Crippen LogP contribution in [0.1, 0.15) is 31.2 Å². The molecule has 7 nitrogen and oxygen atoms in total. The van der Waals surface area contributed by atoms with Crippen LogP contribution in [0.15, 0.2) is 46.2 Å². The third-order valence-electron chi connectivity index (χ3n) is 6.44. The first-order valence-electron chi connectivity index (χ1n) is 10.8. The molecular formula is C24H26FN3O4. The highest BCUT2D eigenvalue weighted by Crippen LogP contribution is 2.31. The van der Waals surface area contributed by atoms with E-state index in [1.165, 1.54) is 28.5 Å². The van der Waals surface area contributed by atoms with Gasteiger partial charge in [0.15, 0.2) is 0 Å². The molecule has 1 aliphatic rings. The predicted octanol–water partition coefficient (Wildman–Crippen LogP) is 2.86. The average molecular weight is 439 g/mol. The maximum Gasteiger partial charge on any atom is 0.331 e. The summed E-state index contributed by atoms with van der Waals surface area (Å²) in [6, 6.07) is 6.44. The summed E-state index contributed by atoms with van der Waals surface area (Å²) in [7, 11) is 3.19. The molecule has 4 rings (SSSR count). The third kappa shape index (κ3) is 4.35. The maximum atomic E-state index is 13.3. The van der Waals surface area contributed by atoms with Crippen molar-refractivity contribution in [1.82, 2.24) is 14.1 Å². The molecule has 1 aromatic carbocycles. The van der Waals surface area contributed by atoms with Crippen molar-refractivity contribution in [2.45, 2.75) is 38.6 Å². The van der Waals surface area contributed by atoms with Crippen molar-refractivity contribution in [3.05, 3.63) is 68.9 Å². The van der Waals surface area contributed by atoms with Gasteiger partial charge in [0, 0.05) is 32.1 Å². The number of methoxy groups -OCH3 is 1. The van der Waals surface area contributed by atoms with E-state index in [-0.39, 0.29) is 35.3 Å². The van der Waals surface area contributed by atoms with Gasteiger partial charge in [0.25, 0.3) is 5.56 Å². The van der Waals surface area contributed by atoms with Gasteiger partial charge in [-0.1, -0.05) is 0 Å². The van der Waals surface area contributed by atoms with Crippen molar-refractivity contribution in [2.75, 3.05) is 7.11 Å². The van der Waals surface area contributed by atoms with E-state index in [0.717, 1.165) is 19.0 Å². The highest BCUT2D eigenvalue weighted by Gasteiger charge is 2.27. The van der Waals surface area contributed by atoms with E-state index in [4.69, 9.17) is 4.74 Å². The first-order chi connectivity index (χ1) is 15.4. The fraction of sp³-hybridized carbons (Fsp3) is 0.417. The van der Waals surface area contributed by atoms with Crippen molar-refractivity contribution in [3.8, 4) is 5.75 Å². The normalized spacial score (nSPS) is 18.6. The number of carbonyl (C=O) groups is 1. The molecule has 0 radical (unpaired) electrons. The van der Waals surface area contributed by atoms with Crippen molar-refractivity contribution < 1.29 is 13.9 Å². The van der Waals surface area contributed by atoms with Gasteiger partial charge in [-0.05, 0) is 61.4 Å². The molecule has 0 spiro atoms. The molecule has 3 aromatic rings. The number of benzene rings is 1. The Kier molecular flexibility index (Phi) is 6.21. The summed E-state index contributed by atoms with van der Waals surface area (Å²) in [4.78, 5) is 42.3. The lowest BCUT2D eigenvalue weighted by Gasteiger charge is -2.28. The number of aryl methyl sites for hydroxylation is 1. The number of ketones is 1. The average Bonchev–Trinajstić information content (AvgIpc) is 2.80. The van der Waals surface area contributed by atoms with Gasteiger partial charge in [0.1, 0.15) is 17.3 Å². The molecule has 1 aliphatic carbocycles. The Morgan fingerprint density at radius 2 is 1.91 bits per heavy atom. The minimum absolute atomic E-state index is 0.0849. The van der Waals surface area contributed by atoms with Crippen molar-refractivity contribution in [1.29, 1.82) is 0 Å². The number of pyridine rings is 1. The number of halogens is 1. The van der Waals surface area contributed by atoms with E-state index in [9.17, 15) is 18.8 Å². The van der Waals surface area contributed by atoms with Gasteiger partial charge in [-0.25, -0.2) is 9.18 Å². The van der Waals surface area contributed by atoms with Crippen molar-refractivity contribution >= 4 is 16.7 Å². The summed E-state index contributed by atoms with van der Waals surface area (Å²) in [6.45, 7) is 0.327. The number of hydrogen-bond acceptors (Lipinski definition) is 5. The molecule has 1 saturated carbocycles. The summed E-state index contributed by atoms with van der Waals surface area (Å²) < 4.78 is 21.3. The lowest BCUT2D eigenvalue weighted by molar-refractivity contribution is -0.123. The Morgan fingerprint density at radius 1 is 1.16 bits per heavy atom. The molecule has 0 saturated heterocycles. The van der Waals surface area contributed by atoms with Gasteiger partial charge in [-0.15, -0.1) is 0 Å². The monoisotopic (exact) mass is 439 g/mol. The van der Waals surface area contributed by atoms with Crippen LogP contribution in [-0.2, 0) is 24.8 Å². The summed E-state index contributed by atoms with van der Waals surface area (Å²) in [5, 5.41) is 0.444. The maximum absolute atomic E-state index is 13.3. The van der Waals surface area contributed by atoms with Crippen LogP contribution >= 0.6 is 0 Å². The van der Waals surface area contributed by atoms with E-state index >= 15 is 0 Å². The van der Waals surface area contributed by atoms with Crippen LogP contribution in [0.25, 0.3) is 10.9 Å². The van der Waals surface area contributed by atoms with E-state index in [1.54, 1.807) is 25.2 Å². The fourth-order valence-electron chi connectivity index (χ4n) is 4.61. The molecule has 2 heterocycles. The van der Waals surface area contributed by atoms with Gasteiger partial charge in [-0.3, -0.25) is 23.7 Å². The van der Waals surface area contributed by atoms with E-state index < -0.39 is 5.82 Å². The molecule has 2 aromatic heterocycles. The molecular weight excluding hydrogens is 413 g/mol. The number of Topliss-reactive ketones (excluding diaryl/α,β-unsaturated/α-hetero) is 1. The van der Waals surface area contributed by atoms with Gasteiger partial charge >= 0.3 is 5.69 Å². The smallest absolute Gasteiger partial charge is 0.331 e. The summed E-state index contributed by atoms with van der Waals surface area (Å²) in [5.41, 5.74) is 0.486. The number of hydrogen-bond donors (Lipinski definition) is 0. The summed E-state index contributed by atoms with van der Waals surface area (Å²) >= 11 is 0. The Morgan fingerprint density at radius 3 is 2.59 bits per heavy atom. The molecule has 0 atom stereocenters. The fourth-order valence-corrected chi connectivity index (χ4v) is 4.61. The highest BCUT2D eigenvalue weighted by molar-refractivity contribution is 5.83. The molecule has 1 fully saturated rings. The molecule has 168 valence electrons. The van der Waals surface area contributed by atoms with Crippen LogP contribution < -0.4 is 16.0 Å². The third-order valence-corrected chi connectivity index (χ3v) is 6.44. The Bertz CT molecular complexity index is 1270. The van der Waals surface area contributed by atoms with Crippen LogP contribution in [0.5, 0.6) is 5.75 Å². The second kappa shape index (κ2) is 9.06. The first kappa shape index (κ1) is 21.9. The zero-order valence-corrected chi connectivity index (χ0v) is 18.2. The standard InChI is InChI=1S/C24H26FN3O4/c1-27-21-8-7-19(32-2)11-20(21)23(30)28(24(27)31)14-15-3-5-17(6-4-15)22(29)10-16-9-18(25)13-26-12-16/h7-9,11-13,15,17H,3-6,10,14H2,1-2H3. The minimum Gasteiger partial charge on any atom is -0.497 e. The summed E-state index contributed by atoms with van der Waals surface area (Å²) in [6.07, 6.45) is 5.71. The second-order valence-electron chi connectivity index (χ2n) is 8.51. The Balaban J connectivity index is 1.46. The quantitative estimate of drug-likeness (QED) is 0.590. The van der Waals surface area contributed by atoms with Crippen LogP contribution in [0.4, 0.5) is 4.39 Å². The minimum atomic E-state index is -0.445. The van der Waals surface area contributed by atoms with Crippen LogP contribution in [0.2, 0.25) is 0 Å². The van der Waals surface area contributed by atoms with E-state index in [0.29, 0.717) is 41.6 Å². The van der Waals surface area contributed by atoms with Gasteiger partial charge in [0.2, 0.25) is 0 Å². The van der Waals surface area contributed by atoms with Gasteiger partial charge in [0.05, 0.1) is 24.2 Å². The first-order valence-corrected chi connectivity index (χ1v) is 10.8. The topological polar surface area (TPSA) is 83.2 Å². The molecule has 0 aliphatic heterocycles. The lowest BCUT2D eigenvalue weighted by atomic mass is 9.79. The van der Waals surface area contributed by atoms with Crippen molar-refractivity contribution in [2.24, 2.45) is 18.9 Å². The van der Waals surface area contributed by atoms with Gasteiger partial charge < -0.3 is 4.74 Å². The van der Waals surface area contributed by atoms with Crippen LogP contribution in [0, 0.1) is 17.7 Å². The lowest BCUT2D eigenvalue weighted by Crippen LogP contribution is -2.41. The Labute approximate surface area is 184 Å². The molecule has 0 bridgehead atoms. The highest BCUT2D eigenvalue weighted by atomic mass is 19.1. The number of ether oxygens (including phenoxy) is 1. The molecule has 0 unspecified atom stereocenters. The van der Waals surface area contributed by atoms with Crippen molar-refractivity contribution in [3.63, 3.8) is 0 Å². The molecule has 0 amide bonds. The Hall–Kier alpha value is -3.29. The SMILES string of the molecule is COc1ccc2c(c1)c(=O)n(CC1CCC(C(=O)Cc3cncc(F)c3)CC1)c(=O)n2C. The number of rotatable bonds is 6. The molecule has 0 N–H and O–H groups in total. The van der Waals surface area contributed by atoms with Crippen LogP contribution in [-0.4, -0.2) is 27.0 Å². The number of nitrogens with zero attached hydrogens (tertiary/aromatic N) is 3. The molecule has 8 heteroatoms. The number of aromatic nitrogens is 3. The predicted molar refractivity (Wildman–Crippen MR) is 118 cm³/mol. The summed E-state index contributed by atoms with van der Waals surface area (Å²) in [5.74, 6) is 0.256. The van der Waals surface area contributed by atoms with E-state index in [2.05, 4.69) is 4.98 Å². The van der Waals surface area contributed by atoms with Gasteiger partial charge in [-0.2, -0.15) is 0 Å².